The molecule has 0 aliphatic carbocycles. The van der Waals surface area contributed by atoms with Crippen LogP contribution in [0.1, 0.15) is 26.7 Å². The van der Waals surface area contributed by atoms with Crippen molar-refractivity contribution in [1.82, 2.24) is 4.31 Å². The molecule has 0 radical (unpaired) electrons. The summed E-state index contributed by atoms with van der Waals surface area (Å²) in [5, 5.41) is 0. The Kier molecular flexibility index (Phi) is 9.44. The van der Waals surface area contributed by atoms with E-state index in [9.17, 15) is 12.8 Å². The fraction of sp³-hybridized carbons (Fsp3) is 0.667. The first-order chi connectivity index (χ1) is 12.2. The number of ether oxygens (including phenoxy) is 2. The van der Waals surface area contributed by atoms with Crippen LogP contribution in [0.4, 0.5) is 4.39 Å². The minimum Gasteiger partial charge on any atom is -0.490 e. The van der Waals surface area contributed by atoms with Crippen LogP contribution in [-0.4, -0.2) is 52.2 Å². The van der Waals surface area contributed by atoms with Gasteiger partial charge in [-0.3, -0.25) is 0 Å². The molecule has 0 bridgehead atoms. The van der Waals surface area contributed by atoms with E-state index in [1.165, 1.54) is 23.5 Å². The van der Waals surface area contributed by atoms with Gasteiger partial charge in [0, 0.05) is 32.2 Å². The zero-order valence-electron chi connectivity index (χ0n) is 16.1. The molecule has 6 nitrogen and oxygen atoms in total. The van der Waals surface area contributed by atoms with Gasteiger partial charge in [-0.2, -0.15) is 0 Å². The van der Waals surface area contributed by atoms with Crippen molar-refractivity contribution >= 4 is 22.4 Å². The Bertz CT molecular complexity index is 697. The van der Waals surface area contributed by atoms with E-state index in [4.69, 9.17) is 15.2 Å². The van der Waals surface area contributed by atoms with E-state index in [0.29, 0.717) is 26.2 Å². The summed E-state index contributed by atoms with van der Waals surface area (Å²) in [6.07, 6.45) is 1.43. The summed E-state index contributed by atoms with van der Waals surface area (Å²) < 4.78 is 51.4. The number of hydrogen-bond acceptors (Lipinski definition) is 5. The van der Waals surface area contributed by atoms with Gasteiger partial charge in [-0.1, -0.05) is 13.8 Å². The van der Waals surface area contributed by atoms with Gasteiger partial charge in [0.25, 0.3) is 0 Å². The van der Waals surface area contributed by atoms with Crippen LogP contribution in [-0.2, 0) is 14.8 Å². The smallest absolute Gasteiger partial charge is 0.242 e. The number of benzene rings is 1. The van der Waals surface area contributed by atoms with E-state index in [-0.39, 0.29) is 47.5 Å². The van der Waals surface area contributed by atoms with Crippen molar-refractivity contribution in [3.63, 3.8) is 0 Å². The van der Waals surface area contributed by atoms with Crippen LogP contribution in [0.25, 0.3) is 0 Å². The summed E-state index contributed by atoms with van der Waals surface area (Å²) in [4.78, 5) is -0.0906. The molecule has 0 spiro atoms. The van der Waals surface area contributed by atoms with E-state index >= 15 is 0 Å². The number of sulfonamides is 1. The molecule has 0 amide bonds. The molecule has 1 saturated heterocycles. The number of halogens is 2. The molecule has 1 aliphatic heterocycles. The van der Waals surface area contributed by atoms with Crippen LogP contribution >= 0.6 is 12.4 Å². The van der Waals surface area contributed by atoms with E-state index in [1.54, 1.807) is 0 Å². The predicted octanol–water partition coefficient (Wildman–Crippen LogP) is 2.66. The summed E-state index contributed by atoms with van der Waals surface area (Å²) in [6, 6.07) is 3.66. The Morgan fingerprint density at radius 3 is 2.67 bits per heavy atom. The summed E-state index contributed by atoms with van der Waals surface area (Å²) in [5.74, 6) is -0.114. The van der Waals surface area contributed by atoms with Crippen LogP contribution in [0.3, 0.4) is 0 Å². The topological polar surface area (TPSA) is 81.9 Å². The van der Waals surface area contributed by atoms with Crippen molar-refractivity contribution in [3.8, 4) is 5.75 Å². The Balaban J connectivity index is 0.00000364. The van der Waals surface area contributed by atoms with E-state index in [2.05, 4.69) is 0 Å². The number of hydrogen-bond donors (Lipinski definition) is 1. The molecule has 27 heavy (non-hydrogen) atoms. The third kappa shape index (κ3) is 6.57. The molecule has 2 atom stereocenters. The lowest BCUT2D eigenvalue weighted by Crippen LogP contribution is -2.34. The molecule has 0 saturated carbocycles. The van der Waals surface area contributed by atoms with Crippen molar-refractivity contribution < 1.29 is 22.3 Å². The van der Waals surface area contributed by atoms with E-state index in [0.717, 1.165) is 12.5 Å². The van der Waals surface area contributed by atoms with Gasteiger partial charge in [0.1, 0.15) is 0 Å². The SMILES string of the molecule is CC(C)C(N)CCN(C)S(=O)(=O)c1ccc(OCC2CCOC2)c(F)c1.Cl. The zero-order chi connectivity index (χ0) is 19.3. The molecule has 2 rings (SSSR count). The van der Waals surface area contributed by atoms with Crippen molar-refractivity contribution in [2.24, 2.45) is 17.6 Å². The quantitative estimate of drug-likeness (QED) is 0.659. The summed E-state index contributed by atoms with van der Waals surface area (Å²) in [7, 11) is -2.29. The third-order valence-electron chi connectivity index (χ3n) is 4.74. The molecule has 9 heteroatoms. The molecule has 1 aromatic carbocycles. The van der Waals surface area contributed by atoms with Crippen LogP contribution in [0.15, 0.2) is 23.1 Å². The molecular formula is C18H30ClFN2O4S. The fourth-order valence-electron chi connectivity index (χ4n) is 2.65. The van der Waals surface area contributed by atoms with Gasteiger partial charge >= 0.3 is 0 Å². The van der Waals surface area contributed by atoms with E-state index in [1.807, 2.05) is 13.8 Å². The van der Waals surface area contributed by atoms with Crippen LogP contribution < -0.4 is 10.5 Å². The first kappa shape index (κ1) is 24.1. The Morgan fingerprint density at radius 2 is 2.11 bits per heavy atom. The van der Waals surface area contributed by atoms with Crippen molar-refractivity contribution in [2.75, 3.05) is 33.4 Å². The first-order valence-corrected chi connectivity index (χ1v) is 10.4. The van der Waals surface area contributed by atoms with Gasteiger partial charge in [-0.25, -0.2) is 17.1 Å². The van der Waals surface area contributed by atoms with E-state index < -0.39 is 15.8 Å². The normalized spacial score (nSPS) is 18.6. The van der Waals surface area contributed by atoms with Crippen molar-refractivity contribution in [3.05, 3.63) is 24.0 Å². The maximum atomic E-state index is 14.3. The van der Waals surface area contributed by atoms with Crippen LogP contribution in [0, 0.1) is 17.7 Å². The fourth-order valence-corrected chi connectivity index (χ4v) is 3.84. The number of nitrogens with two attached hydrogens (primary N) is 1. The lowest BCUT2D eigenvalue weighted by atomic mass is 10.0. The molecule has 2 unspecified atom stereocenters. The molecule has 0 aromatic heterocycles. The standard InChI is InChI=1S/C18H29FN2O4S.ClH/c1-13(2)17(20)6-8-21(3)26(22,23)15-4-5-18(16(19)10-15)25-12-14-7-9-24-11-14;/h4-5,10,13-14,17H,6-9,11-12,20H2,1-3H3;1H. The molecule has 2 N–H and O–H groups in total. The Labute approximate surface area is 167 Å². The average molecular weight is 425 g/mol. The van der Waals surface area contributed by atoms with Crippen molar-refractivity contribution in [1.29, 1.82) is 0 Å². The number of nitrogens with zero attached hydrogens (tertiary/aromatic N) is 1. The highest BCUT2D eigenvalue weighted by Gasteiger charge is 2.24. The highest BCUT2D eigenvalue weighted by molar-refractivity contribution is 7.89. The maximum Gasteiger partial charge on any atom is 0.242 e. The van der Waals surface area contributed by atoms with Crippen LogP contribution in [0.5, 0.6) is 5.75 Å². The summed E-state index contributed by atoms with van der Waals surface area (Å²) >= 11 is 0. The second-order valence-corrected chi connectivity index (χ2v) is 9.20. The van der Waals surface area contributed by atoms with Gasteiger partial charge < -0.3 is 15.2 Å². The van der Waals surface area contributed by atoms with Crippen molar-refractivity contribution in [2.45, 2.75) is 37.6 Å². The minimum absolute atomic E-state index is 0. The molecule has 156 valence electrons. The van der Waals surface area contributed by atoms with Gasteiger partial charge in [-0.05, 0) is 37.0 Å². The molecule has 1 heterocycles. The van der Waals surface area contributed by atoms with Gasteiger partial charge in [0.2, 0.25) is 10.0 Å². The molecule has 1 aromatic rings. The van der Waals surface area contributed by atoms with Gasteiger partial charge in [-0.15, -0.1) is 12.4 Å². The second kappa shape index (κ2) is 10.6. The first-order valence-electron chi connectivity index (χ1n) is 8.93. The third-order valence-corrected chi connectivity index (χ3v) is 6.60. The number of rotatable bonds is 9. The summed E-state index contributed by atoms with van der Waals surface area (Å²) in [6.45, 7) is 5.92. The Hall–Kier alpha value is -0.930. The minimum atomic E-state index is -3.77. The Morgan fingerprint density at radius 1 is 1.41 bits per heavy atom. The monoisotopic (exact) mass is 424 g/mol. The van der Waals surface area contributed by atoms with Gasteiger partial charge in [0.05, 0.1) is 18.1 Å². The summed E-state index contributed by atoms with van der Waals surface area (Å²) in [5.41, 5.74) is 5.97. The predicted molar refractivity (Wildman–Crippen MR) is 105 cm³/mol. The lowest BCUT2D eigenvalue weighted by Gasteiger charge is -2.21. The van der Waals surface area contributed by atoms with Gasteiger partial charge in [0.15, 0.2) is 11.6 Å². The molecule has 1 aliphatic rings. The second-order valence-electron chi connectivity index (χ2n) is 7.16. The maximum absolute atomic E-state index is 14.3. The zero-order valence-corrected chi connectivity index (χ0v) is 17.7. The molecule has 1 fully saturated rings. The lowest BCUT2D eigenvalue weighted by molar-refractivity contribution is 0.165. The van der Waals surface area contributed by atoms with Crippen LogP contribution in [0.2, 0.25) is 0 Å². The average Bonchev–Trinajstić information content (AvgIpc) is 3.11. The highest BCUT2D eigenvalue weighted by atomic mass is 35.5. The molecular weight excluding hydrogens is 395 g/mol. The highest BCUT2D eigenvalue weighted by Crippen LogP contribution is 2.24. The largest absolute Gasteiger partial charge is 0.490 e.